The standard InChI is InChI=1S/C23H21N3O3/c1-27-20-12-15(13-21(28-2)22(20)29-3)14-24-17-10-8-16(9-11-17)23-25-18-6-4-5-7-19(18)26-23/h4-14H,1-3H3,(H,25,26). The first-order valence-corrected chi connectivity index (χ1v) is 9.11. The van der Waals surface area contributed by atoms with E-state index in [2.05, 4.69) is 15.0 Å². The van der Waals surface area contributed by atoms with Gasteiger partial charge in [-0.3, -0.25) is 4.99 Å². The highest BCUT2D eigenvalue weighted by atomic mass is 16.5. The molecule has 0 spiro atoms. The molecule has 0 aliphatic rings. The van der Waals surface area contributed by atoms with E-state index in [0.29, 0.717) is 17.2 Å². The number of hydrogen-bond acceptors (Lipinski definition) is 5. The minimum absolute atomic E-state index is 0.558. The van der Waals surface area contributed by atoms with Gasteiger partial charge in [0.25, 0.3) is 0 Å². The summed E-state index contributed by atoms with van der Waals surface area (Å²) in [5.41, 5.74) is 4.66. The molecular weight excluding hydrogens is 366 g/mol. The number of nitrogens with one attached hydrogen (secondary N) is 1. The van der Waals surface area contributed by atoms with Crippen LogP contribution in [0.4, 0.5) is 5.69 Å². The number of rotatable bonds is 6. The van der Waals surface area contributed by atoms with Crippen LogP contribution in [-0.2, 0) is 0 Å². The fourth-order valence-electron chi connectivity index (χ4n) is 3.12. The molecule has 0 saturated carbocycles. The molecule has 0 saturated heterocycles. The summed E-state index contributed by atoms with van der Waals surface area (Å²) in [5.74, 6) is 2.58. The fraction of sp³-hybridized carbons (Fsp3) is 0.130. The van der Waals surface area contributed by atoms with Crippen LogP contribution in [0.15, 0.2) is 65.7 Å². The molecule has 146 valence electrons. The summed E-state index contributed by atoms with van der Waals surface area (Å²) in [4.78, 5) is 12.5. The molecule has 0 atom stereocenters. The number of imidazole rings is 1. The van der Waals surface area contributed by atoms with Gasteiger partial charge in [0.2, 0.25) is 5.75 Å². The van der Waals surface area contributed by atoms with Gasteiger partial charge in [-0.1, -0.05) is 12.1 Å². The van der Waals surface area contributed by atoms with Gasteiger partial charge in [0.05, 0.1) is 38.1 Å². The number of ether oxygens (including phenoxy) is 3. The van der Waals surface area contributed by atoms with Gasteiger partial charge in [0, 0.05) is 17.3 Å². The van der Waals surface area contributed by atoms with Crippen LogP contribution in [0.2, 0.25) is 0 Å². The zero-order valence-corrected chi connectivity index (χ0v) is 16.5. The van der Waals surface area contributed by atoms with Crippen molar-refractivity contribution in [1.82, 2.24) is 9.97 Å². The van der Waals surface area contributed by atoms with Crippen LogP contribution in [0.3, 0.4) is 0 Å². The number of methoxy groups -OCH3 is 3. The topological polar surface area (TPSA) is 68.7 Å². The molecule has 6 heteroatoms. The lowest BCUT2D eigenvalue weighted by Gasteiger charge is -2.12. The van der Waals surface area contributed by atoms with Crippen molar-refractivity contribution >= 4 is 22.9 Å². The van der Waals surface area contributed by atoms with Gasteiger partial charge in [0.15, 0.2) is 11.5 Å². The van der Waals surface area contributed by atoms with Crippen LogP contribution in [0.5, 0.6) is 17.2 Å². The Kier molecular flexibility index (Phi) is 5.16. The molecule has 0 amide bonds. The van der Waals surface area contributed by atoms with Gasteiger partial charge >= 0.3 is 0 Å². The number of para-hydroxylation sites is 2. The highest BCUT2D eigenvalue weighted by Gasteiger charge is 2.12. The minimum atomic E-state index is 0.558. The zero-order chi connectivity index (χ0) is 20.2. The molecule has 0 fully saturated rings. The third-order valence-electron chi connectivity index (χ3n) is 4.58. The summed E-state index contributed by atoms with van der Waals surface area (Å²) >= 11 is 0. The maximum absolute atomic E-state index is 5.38. The normalized spacial score (nSPS) is 11.1. The number of hydrogen-bond donors (Lipinski definition) is 1. The molecule has 29 heavy (non-hydrogen) atoms. The predicted octanol–water partition coefficient (Wildman–Crippen LogP) is 5.01. The lowest BCUT2D eigenvalue weighted by atomic mass is 10.2. The van der Waals surface area contributed by atoms with Gasteiger partial charge in [-0.05, 0) is 48.5 Å². The maximum atomic E-state index is 5.38. The quantitative estimate of drug-likeness (QED) is 0.472. The number of aliphatic imine (C=N–C) groups is 1. The van der Waals surface area contributed by atoms with Crippen LogP contribution < -0.4 is 14.2 Å². The smallest absolute Gasteiger partial charge is 0.203 e. The Morgan fingerprint density at radius 2 is 1.55 bits per heavy atom. The summed E-state index contributed by atoms with van der Waals surface area (Å²) in [6.45, 7) is 0. The van der Waals surface area contributed by atoms with E-state index in [0.717, 1.165) is 33.7 Å². The molecular formula is C23H21N3O3. The summed E-state index contributed by atoms with van der Waals surface area (Å²) in [6.07, 6.45) is 1.76. The monoisotopic (exact) mass is 387 g/mol. The van der Waals surface area contributed by atoms with Gasteiger partial charge in [-0.25, -0.2) is 4.98 Å². The third kappa shape index (κ3) is 3.78. The van der Waals surface area contributed by atoms with Crippen molar-refractivity contribution < 1.29 is 14.2 Å². The van der Waals surface area contributed by atoms with E-state index in [-0.39, 0.29) is 0 Å². The number of H-pyrrole nitrogens is 1. The van der Waals surface area contributed by atoms with Crippen molar-refractivity contribution in [3.05, 3.63) is 66.2 Å². The average Bonchev–Trinajstić information content (AvgIpc) is 3.21. The number of aromatic amines is 1. The Labute approximate surface area is 168 Å². The van der Waals surface area contributed by atoms with Crippen molar-refractivity contribution in [1.29, 1.82) is 0 Å². The van der Waals surface area contributed by atoms with Crippen molar-refractivity contribution in [2.24, 2.45) is 4.99 Å². The molecule has 1 heterocycles. The molecule has 0 aliphatic heterocycles. The Balaban J connectivity index is 1.58. The molecule has 1 aromatic heterocycles. The predicted molar refractivity (Wildman–Crippen MR) is 115 cm³/mol. The highest BCUT2D eigenvalue weighted by molar-refractivity contribution is 5.85. The number of nitrogens with zero attached hydrogens (tertiary/aromatic N) is 2. The van der Waals surface area contributed by atoms with Gasteiger partial charge < -0.3 is 19.2 Å². The first kappa shape index (κ1) is 18.6. The molecule has 1 N–H and O–H groups in total. The lowest BCUT2D eigenvalue weighted by Crippen LogP contribution is -1.96. The van der Waals surface area contributed by atoms with Crippen molar-refractivity contribution in [2.45, 2.75) is 0 Å². The summed E-state index contributed by atoms with van der Waals surface area (Å²) < 4.78 is 16.1. The Hall–Kier alpha value is -3.80. The van der Waals surface area contributed by atoms with Crippen LogP contribution in [0.1, 0.15) is 5.56 Å². The molecule has 4 rings (SSSR count). The number of benzene rings is 3. The minimum Gasteiger partial charge on any atom is -0.493 e. The SMILES string of the molecule is COc1cc(C=Nc2ccc(-c3nc4ccccc4[nH]3)cc2)cc(OC)c1OC. The largest absolute Gasteiger partial charge is 0.493 e. The second-order valence-electron chi connectivity index (χ2n) is 6.37. The molecule has 0 unspecified atom stereocenters. The van der Waals surface area contributed by atoms with E-state index < -0.39 is 0 Å². The van der Waals surface area contributed by atoms with Crippen molar-refractivity contribution in [2.75, 3.05) is 21.3 Å². The van der Waals surface area contributed by atoms with E-state index in [1.54, 1.807) is 27.5 Å². The van der Waals surface area contributed by atoms with E-state index >= 15 is 0 Å². The van der Waals surface area contributed by atoms with E-state index in [1.807, 2.05) is 60.7 Å². The number of fused-ring (bicyclic) bond motifs is 1. The Bertz CT molecular complexity index is 1110. The highest BCUT2D eigenvalue weighted by Crippen LogP contribution is 2.37. The molecule has 6 nitrogen and oxygen atoms in total. The lowest BCUT2D eigenvalue weighted by molar-refractivity contribution is 0.324. The van der Waals surface area contributed by atoms with Crippen molar-refractivity contribution in [3.63, 3.8) is 0 Å². The van der Waals surface area contributed by atoms with E-state index in [1.165, 1.54) is 0 Å². The van der Waals surface area contributed by atoms with Crippen LogP contribution >= 0.6 is 0 Å². The molecule has 3 aromatic carbocycles. The van der Waals surface area contributed by atoms with Gasteiger partial charge in [-0.2, -0.15) is 0 Å². The molecule has 0 radical (unpaired) electrons. The maximum Gasteiger partial charge on any atom is 0.203 e. The molecule has 4 aromatic rings. The number of aromatic nitrogens is 2. The molecule has 0 bridgehead atoms. The summed E-state index contributed by atoms with van der Waals surface area (Å²) in [6, 6.07) is 19.6. The Morgan fingerprint density at radius 1 is 0.862 bits per heavy atom. The third-order valence-corrected chi connectivity index (χ3v) is 4.58. The summed E-state index contributed by atoms with van der Waals surface area (Å²) in [5, 5.41) is 0. The fourth-order valence-corrected chi connectivity index (χ4v) is 3.12. The zero-order valence-electron chi connectivity index (χ0n) is 16.5. The summed E-state index contributed by atoms with van der Waals surface area (Å²) in [7, 11) is 4.77. The van der Waals surface area contributed by atoms with Gasteiger partial charge in [-0.15, -0.1) is 0 Å². The molecule has 0 aliphatic carbocycles. The van der Waals surface area contributed by atoms with Crippen molar-refractivity contribution in [3.8, 4) is 28.6 Å². The Morgan fingerprint density at radius 3 is 2.17 bits per heavy atom. The average molecular weight is 387 g/mol. The van der Waals surface area contributed by atoms with E-state index in [9.17, 15) is 0 Å². The van der Waals surface area contributed by atoms with Crippen LogP contribution in [-0.4, -0.2) is 37.5 Å². The van der Waals surface area contributed by atoms with Crippen LogP contribution in [0, 0.1) is 0 Å². The second-order valence-corrected chi connectivity index (χ2v) is 6.37. The van der Waals surface area contributed by atoms with E-state index in [4.69, 9.17) is 14.2 Å². The second kappa shape index (κ2) is 8.06. The first-order chi connectivity index (χ1) is 14.2. The van der Waals surface area contributed by atoms with Crippen LogP contribution in [0.25, 0.3) is 22.4 Å². The van der Waals surface area contributed by atoms with Gasteiger partial charge in [0.1, 0.15) is 5.82 Å². The first-order valence-electron chi connectivity index (χ1n) is 9.11.